The van der Waals surface area contributed by atoms with Gasteiger partial charge in [0, 0.05) is 10.0 Å². The number of nitrogens with one attached hydrogen (secondary N) is 1. The van der Waals surface area contributed by atoms with Crippen molar-refractivity contribution in [3.05, 3.63) is 64.1 Å². The number of hydrogen-bond donors (Lipinski definition) is 1. The van der Waals surface area contributed by atoms with Crippen LogP contribution in [-0.4, -0.2) is 6.09 Å². The van der Waals surface area contributed by atoms with Crippen molar-refractivity contribution in [2.45, 2.75) is 13.0 Å². The van der Waals surface area contributed by atoms with Crippen molar-refractivity contribution in [3.63, 3.8) is 0 Å². The van der Waals surface area contributed by atoms with Gasteiger partial charge in [-0.25, -0.2) is 4.79 Å². The van der Waals surface area contributed by atoms with Crippen LogP contribution in [0.2, 0.25) is 10.0 Å². The Kier molecular flexibility index (Phi) is 4.88. The van der Waals surface area contributed by atoms with Crippen LogP contribution >= 0.6 is 23.2 Å². The number of carbonyl (C=O) groups excluding carboxylic acids is 1. The minimum Gasteiger partial charge on any atom is -0.410 e. The molecule has 1 unspecified atom stereocenters. The maximum atomic E-state index is 11.8. The molecule has 20 heavy (non-hydrogen) atoms. The fourth-order valence-electron chi connectivity index (χ4n) is 1.73. The predicted octanol–water partition coefficient (Wildman–Crippen LogP) is 4.84. The van der Waals surface area contributed by atoms with Crippen LogP contribution in [0.15, 0.2) is 48.5 Å². The van der Waals surface area contributed by atoms with Crippen LogP contribution in [0.1, 0.15) is 18.5 Å². The smallest absolute Gasteiger partial charge is 0.410 e. The number of benzene rings is 2. The second-order valence-corrected chi connectivity index (χ2v) is 5.08. The Bertz CT molecular complexity index is 602. The van der Waals surface area contributed by atoms with Gasteiger partial charge in [0.15, 0.2) is 0 Å². The van der Waals surface area contributed by atoms with Crippen molar-refractivity contribution in [3.8, 4) is 5.75 Å². The van der Waals surface area contributed by atoms with E-state index in [4.69, 9.17) is 27.9 Å². The van der Waals surface area contributed by atoms with Gasteiger partial charge in [-0.05, 0) is 36.8 Å². The Morgan fingerprint density at radius 3 is 2.50 bits per heavy atom. The number of hydrogen-bond acceptors (Lipinski definition) is 2. The summed E-state index contributed by atoms with van der Waals surface area (Å²) in [6, 6.07) is 13.7. The zero-order valence-corrected chi connectivity index (χ0v) is 12.3. The van der Waals surface area contributed by atoms with E-state index in [2.05, 4.69) is 5.32 Å². The molecule has 0 aliphatic heterocycles. The lowest BCUT2D eigenvalue weighted by Crippen LogP contribution is -2.29. The van der Waals surface area contributed by atoms with Gasteiger partial charge in [0.2, 0.25) is 0 Å². The first-order chi connectivity index (χ1) is 9.56. The summed E-state index contributed by atoms with van der Waals surface area (Å²) in [7, 11) is 0. The number of rotatable bonds is 3. The largest absolute Gasteiger partial charge is 0.413 e. The zero-order valence-electron chi connectivity index (χ0n) is 10.8. The monoisotopic (exact) mass is 309 g/mol. The van der Waals surface area contributed by atoms with Crippen molar-refractivity contribution in [1.82, 2.24) is 5.32 Å². The van der Waals surface area contributed by atoms with Crippen molar-refractivity contribution < 1.29 is 9.53 Å². The van der Waals surface area contributed by atoms with Gasteiger partial charge in [0.05, 0.1) is 6.04 Å². The average molecular weight is 310 g/mol. The van der Waals surface area contributed by atoms with Crippen molar-refractivity contribution >= 4 is 29.3 Å². The van der Waals surface area contributed by atoms with Gasteiger partial charge in [-0.2, -0.15) is 0 Å². The van der Waals surface area contributed by atoms with E-state index >= 15 is 0 Å². The molecule has 0 radical (unpaired) electrons. The molecule has 0 fully saturated rings. The van der Waals surface area contributed by atoms with Crippen LogP contribution in [-0.2, 0) is 0 Å². The quantitative estimate of drug-likeness (QED) is 0.880. The van der Waals surface area contributed by atoms with E-state index in [0.29, 0.717) is 15.8 Å². The third-order valence-corrected chi connectivity index (χ3v) is 3.28. The van der Waals surface area contributed by atoms with Gasteiger partial charge >= 0.3 is 6.09 Å². The molecule has 0 heterocycles. The van der Waals surface area contributed by atoms with E-state index in [1.165, 1.54) is 0 Å². The molecule has 0 spiro atoms. The molecule has 0 aromatic heterocycles. The van der Waals surface area contributed by atoms with Gasteiger partial charge in [-0.1, -0.05) is 47.5 Å². The molecule has 1 N–H and O–H groups in total. The van der Waals surface area contributed by atoms with Crippen molar-refractivity contribution in [2.24, 2.45) is 0 Å². The average Bonchev–Trinajstić information content (AvgIpc) is 2.39. The molecule has 0 aliphatic rings. The summed E-state index contributed by atoms with van der Waals surface area (Å²) >= 11 is 11.9. The fourth-order valence-corrected chi connectivity index (χ4v) is 2.30. The molecule has 5 heteroatoms. The van der Waals surface area contributed by atoms with E-state index in [1.807, 2.05) is 13.0 Å². The fraction of sp³-hybridized carbons (Fsp3) is 0.133. The summed E-state index contributed by atoms with van der Waals surface area (Å²) in [5.41, 5.74) is 0.779. The van der Waals surface area contributed by atoms with Gasteiger partial charge in [-0.3, -0.25) is 0 Å². The summed E-state index contributed by atoms with van der Waals surface area (Å²) in [6.07, 6.45) is -0.533. The summed E-state index contributed by atoms with van der Waals surface area (Å²) in [5.74, 6) is 0.486. The van der Waals surface area contributed by atoms with Crippen molar-refractivity contribution in [1.29, 1.82) is 0 Å². The number of amides is 1. The lowest BCUT2D eigenvalue weighted by atomic mass is 10.1. The van der Waals surface area contributed by atoms with E-state index in [-0.39, 0.29) is 6.04 Å². The SMILES string of the molecule is CC(NC(=O)Oc1ccccc1)c1ccc(Cl)cc1Cl. The topological polar surface area (TPSA) is 38.3 Å². The first-order valence-corrected chi connectivity index (χ1v) is 6.80. The van der Waals surface area contributed by atoms with E-state index < -0.39 is 6.09 Å². The minimum atomic E-state index is -0.533. The molecule has 3 nitrogen and oxygen atoms in total. The van der Waals surface area contributed by atoms with Crippen LogP contribution in [0.4, 0.5) is 4.79 Å². The van der Waals surface area contributed by atoms with Gasteiger partial charge < -0.3 is 10.1 Å². The highest BCUT2D eigenvalue weighted by Gasteiger charge is 2.14. The summed E-state index contributed by atoms with van der Waals surface area (Å²) in [4.78, 5) is 11.8. The zero-order chi connectivity index (χ0) is 14.5. The highest BCUT2D eigenvalue weighted by atomic mass is 35.5. The predicted molar refractivity (Wildman–Crippen MR) is 80.5 cm³/mol. The first-order valence-electron chi connectivity index (χ1n) is 6.04. The number of para-hydroxylation sites is 1. The van der Waals surface area contributed by atoms with E-state index in [0.717, 1.165) is 5.56 Å². The highest BCUT2D eigenvalue weighted by Crippen LogP contribution is 2.26. The molecule has 1 atom stereocenters. The van der Waals surface area contributed by atoms with Gasteiger partial charge in [0.1, 0.15) is 5.75 Å². The minimum absolute atomic E-state index is 0.282. The molecule has 0 aliphatic carbocycles. The highest BCUT2D eigenvalue weighted by molar-refractivity contribution is 6.35. The van der Waals surface area contributed by atoms with Crippen LogP contribution in [0.5, 0.6) is 5.75 Å². The van der Waals surface area contributed by atoms with E-state index in [1.54, 1.807) is 42.5 Å². The molecule has 0 saturated heterocycles. The molecular formula is C15H13Cl2NO2. The van der Waals surface area contributed by atoms with Crippen LogP contribution < -0.4 is 10.1 Å². The van der Waals surface area contributed by atoms with Crippen LogP contribution in [0.25, 0.3) is 0 Å². The second-order valence-electron chi connectivity index (χ2n) is 4.23. The summed E-state index contributed by atoms with van der Waals surface area (Å²) in [5, 5.41) is 3.77. The third-order valence-electron chi connectivity index (χ3n) is 2.72. The standard InChI is InChI=1S/C15H13Cl2NO2/c1-10(13-8-7-11(16)9-14(13)17)18-15(19)20-12-5-3-2-4-6-12/h2-10H,1H3,(H,18,19). The number of halogens is 2. The lowest BCUT2D eigenvalue weighted by Gasteiger charge is -2.15. The van der Waals surface area contributed by atoms with Crippen molar-refractivity contribution in [2.75, 3.05) is 0 Å². The second kappa shape index (κ2) is 6.64. The van der Waals surface area contributed by atoms with Gasteiger partial charge in [-0.15, -0.1) is 0 Å². The number of carbonyl (C=O) groups is 1. The Balaban J connectivity index is 2.00. The van der Waals surface area contributed by atoms with E-state index in [9.17, 15) is 4.79 Å². The Labute approximate surface area is 127 Å². The van der Waals surface area contributed by atoms with Crippen LogP contribution in [0.3, 0.4) is 0 Å². The first kappa shape index (κ1) is 14.7. The van der Waals surface area contributed by atoms with Crippen LogP contribution in [0, 0.1) is 0 Å². The Hall–Kier alpha value is -1.71. The molecule has 0 saturated carbocycles. The molecular weight excluding hydrogens is 297 g/mol. The lowest BCUT2D eigenvalue weighted by molar-refractivity contribution is 0.197. The maximum absolute atomic E-state index is 11.8. The molecule has 2 aromatic carbocycles. The van der Waals surface area contributed by atoms with Gasteiger partial charge in [0.25, 0.3) is 0 Å². The molecule has 2 rings (SSSR count). The Morgan fingerprint density at radius 2 is 1.85 bits per heavy atom. The molecule has 0 bridgehead atoms. The normalized spacial score (nSPS) is 11.8. The number of ether oxygens (including phenoxy) is 1. The maximum Gasteiger partial charge on any atom is 0.413 e. The summed E-state index contributed by atoms with van der Waals surface area (Å²) in [6.45, 7) is 1.82. The summed E-state index contributed by atoms with van der Waals surface area (Å²) < 4.78 is 5.15. The molecule has 104 valence electrons. The Morgan fingerprint density at radius 1 is 1.15 bits per heavy atom. The third kappa shape index (κ3) is 3.89. The molecule has 1 amide bonds. The molecule has 2 aromatic rings.